The van der Waals surface area contributed by atoms with Gasteiger partial charge in [0, 0.05) is 37.2 Å². The second-order valence-electron chi connectivity index (χ2n) is 8.12. The molecule has 2 heterocycles. The molecule has 1 aliphatic heterocycles. The van der Waals surface area contributed by atoms with Crippen molar-refractivity contribution in [3.63, 3.8) is 0 Å². The smallest absolute Gasteiger partial charge is 0.480 e. The van der Waals surface area contributed by atoms with Crippen molar-refractivity contribution in [2.45, 2.75) is 28.8 Å². The molecule has 1 unspecified atom stereocenters. The van der Waals surface area contributed by atoms with Gasteiger partial charge in [-0.2, -0.15) is 0 Å². The molecular formula is C23H23F3N2O5S2. The van der Waals surface area contributed by atoms with Crippen molar-refractivity contribution in [1.82, 2.24) is 9.88 Å². The van der Waals surface area contributed by atoms with Crippen LogP contribution in [0.5, 0.6) is 5.75 Å². The van der Waals surface area contributed by atoms with Gasteiger partial charge in [0.2, 0.25) is 0 Å². The van der Waals surface area contributed by atoms with Crippen molar-refractivity contribution < 1.29 is 36.8 Å². The Bertz CT molecular complexity index is 1220. The Morgan fingerprint density at radius 1 is 1.20 bits per heavy atom. The molecule has 1 aliphatic rings. The van der Waals surface area contributed by atoms with Gasteiger partial charge in [-0.3, -0.25) is 9.00 Å². The molecule has 0 bridgehead atoms. The van der Waals surface area contributed by atoms with E-state index in [1.54, 1.807) is 25.3 Å². The van der Waals surface area contributed by atoms with Crippen LogP contribution in [0.4, 0.5) is 13.2 Å². The van der Waals surface area contributed by atoms with E-state index in [1.807, 2.05) is 0 Å². The van der Waals surface area contributed by atoms with Crippen LogP contribution in [0, 0.1) is 0 Å². The van der Waals surface area contributed by atoms with Crippen LogP contribution in [0.25, 0.3) is 20.8 Å². The maximum absolute atomic E-state index is 13.5. The minimum atomic E-state index is -4.77. The molecule has 0 amide bonds. The van der Waals surface area contributed by atoms with Crippen LogP contribution in [-0.2, 0) is 20.3 Å². The Morgan fingerprint density at radius 3 is 2.49 bits per heavy atom. The number of likely N-dealkylation sites (tertiary alicyclic amines) is 1. The largest absolute Gasteiger partial charge is 0.573 e. The molecule has 3 aromatic rings. The zero-order valence-electron chi connectivity index (χ0n) is 18.7. The lowest BCUT2D eigenvalue weighted by molar-refractivity contribution is -0.274. The number of thiazole rings is 1. The number of benzene rings is 2. The summed E-state index contributed by atoms with van der Waals surface area (Å²) in [5, 5.41) is 10.6. The summed E-state index contributed by atoms with van der Waals surface area (Å²) >= 11 is 1.29. The zero-order valence-corrected chi connectivity index (χ0v) is 20.3. The van der Waals surface area contributed by atoms with Crippen LogP contribution >= 0.6 is 11.3 Å². The first kappa shape index (κ1) is 25.5. The van der Waals surface area contributed by atoms with Gasteiger partial charge in [-0.05, 0) is 55.3 Å². The van der Waals surface area contributed by atoms with E-state index in [2.05, 4.69) is 14.6 Å². The SMILES string of the molecule is COCCN1CCC(C(=O)O)(S(=O)c2ccc3nc(-c4ccc(OC(F)(F)F)cc4)sc3c2)CC1. The molecule has 12 heteroatoms. The molecule has 1 N–H and O–H groups in total. The fourth-order valence-corrected chi connectivity index (χ4v) is 6.67. The summed E-state index contributed by atoms with van der Waals surface area (Å²) in [5.41, 5.74) is 1.23. The third-order valence-corrected chi connectivity index (χ3v) is 8.97. The molecule has 1 atom stereocenters. The molecule has 1 fully saturated rings. The van der Waals surface area contributed by atoms with E-state index in [4.69, 9.17) is 4.74 Å². The lowest BCUT2D eigenvalue weighted by Gasteiger charge is -2.38. The zero-order chi connectivity index (χ0) is 25.2. The normalized spacial score (nSPS) is 17.4. The number of fused-ring (bicyclic) bond motifs is 1. The molecule has 35 heavy (non-hydrogen) atoms. The van der Waals surface area contributed by atoms with Crippen LogP contribution in [0.2, 0.25) is 0 Å². The van der Waals surface area contributed by atoms with Gasteiger partial charge in [-0.25, -0.2) is 4.98 Å². The number of hydrogen-bond donors (Lipinski definition) is 1. The van der Waals surface area contributed by atoms with E-state index in [0.29, 0.717) is 51.9 Å². The molecule has 1 saturated heterocycles. The summed E-state index contributed by atoms with van der Waals surface area (Å²) in [4.78, 5) is 19.3. The molecule has 0 aliphatic carbocycles. The number of halogens is 3. The van der Waals surface area contributed by atoms with Crippen LogP contribution in [-0.4, -0.2) is 69.6 Å². The summed E-state index contributed by atoms with van der Waals surface area (Å²) in [6, 6.07) is 10.4. The first-order valence-electron chi connectivity index (χ1n) is 10.7. The van der Waals surface area contributed by atoms with Crippen molar-refractivity contribution in [1.29, 1.82) is 0 Å². The molecular weight excluding hydrogens is 505 g/mol. The summed E-state index contributed by atoms with van der Waals surface area (Å²) < 4.78 is 59.0. The van der Waals surface area contributed by atoms with Crippen molar-refractivity contribution >= 4 is 38.3 Å². The highest BCUT2D eigenvalue weighted by molar-refractivity contribution is 7.87. The van der Waals surface area contributed by atoms with Gasteiger partial charge in [0.25, 0.3) is 0 Å². The molecule has 0 spiro atoms. The number of alkyl halides is 3. The average molecular weight is 529 g/mol. The van der Waals surface area contributed by atoms with Gasteiger partial charge in [-0.15, -0.1) is 24.5 Å². The number of aliphatic carboxylic acids is 1. The van der Waals surface area contributed by atoms with Gasteiger partial charge in [0.15, 0.2) is 0 Å². The molecule has 4 rings (SSSR count). The highest BCUT2D eigenvalue weighted by Gasteiger charge is 2.47. The third kappa shape index (κ3) is 5.66. The second kappa shape index (κ2) is 10.2. The highest BCUT2D eigenvalue weighted by atomic mass is 32.2. The van der Waals surface area contributed by atoms with Crippen LogP contribution in [0.3, 0.4) is 0 Å². The molecule has 1 aromatic heterocycles. The second-order valence-corrected chi connectivity index (χ2v) is 10.9. The number of carbonyl (C=O) groups is 1. The number of nitrogens with zero attached hydrogens (tertiary/aromatic N) is 2. The van der Waals surface area contributed by atoms with Crippen molar-refractivity contribution in [2.24, 2.45) is 0 Å². The number of rotatable bonds is 8. The minimum absolute atomic E-state index is 0.261. The fraction of sp³-hybridized carbons (Fsp3) is 0.391. The molecule has 188 valence electrons. The number of carboxylic acids is 1. The van der Waals surface area contributed by atoms with Crippen LogP contribution in [0.15, 0.2) is 47.4 Å². The van der Waals surface area contributed by atoms with E-state index < -0.39 is 27.9 Å². The Balaban J connectivity index is 1.55. The fourth-order valence-electron chi connectivity index (χ4n) is 4.01. The van der Waals surface area contributed by atoms with Gasteiger partial charge in [-0.1, -0.05) is 0 Å². The Morgan fingerprint density at radius 2 is 1.89 bits per heavy atom. The van der Waals surface area contributed by atoms with Crippen molar-refractivity contribution in [3.8, 4) is 16.3 Å². The third-order valence-electron chi connectivity index (χ3n) is 5.93. The van der Waals surface area contributed by atoms with Crippen molar-refractivity contribution in [2.75, 3.05) is 33.4 Å². The molecule has 0 radical (unpaired) electrons. The van der Waals surface area contributed by atoms with Gasteiger partial charge < -0.3 is 19.5 Å². The van der Waals surface area contributed by atoms with Crippen LogP contribution < -0.4 is 4.74 Å². The summed E-state index contributed by atoms with van der Waals surface area (Å²) in [7, 11) is -0.175. The predicted molar refractivity (Wildman–Crippen MR) is 126 cm³/mol. The first-order valence-corrected chi connectivity index (χ1v) is 12.7. The lowest BCUT2D eigenvalue weighted by Crippen LogP contribution is -2.52. The number of methoxy groups -OCH3 is 1. The van der Waals surface area contributed by atoms with E-state index in [-0.39, 0.29) is 18.6 Å². The van der Waals surface area contributed by atoms with E-state index in [0.717, 1.165) is 0 Å². The standard InChI is InChI=1S/C23H23F3N2O5S2/c1-32-13-12-28-10-8-22(9-11-28,21(29)30)35(31)17-6-7-18-19(14-17)34-20(27-18)15-2-4-16(5-3-15)33-23(24,25)26/h2-7,14H,8-13H2,1H3,(H,29,30). The monoisotopic (exact) mass is 528 g/mol. The van der Waals surface area contributed by atoms with Crippen LogP contribution in [0.1, 0.15) is 12.8 Å². The maximum Gasteiger partial charge on any atom is 0.573 e. The summed E-state index contributed by atoms with van der Waals surface area (Å²) in [5.74, 6) is -1.40. The topological polar surface area (TPSA) is 89.0 Å². The average Bonchev–Trinajstić information content (AvgIpc) is 3.25. The van der Waals surface area contributed by atoms with Gasteiger partial charge in [0.1, 0.15) is 15.5 Å². The number of aromatic nitrogens is 1. The number of carboxylic acid groups (broad SMARTS) is 1. The molecule has 7 nitrogen and oxygen atoms in total. The number of ether oxygens (including phenoxy) is 2. The van der Waals surface area contributed by atoms with Gasteiger partial charge >= 0.3 is 12.3 Å². The van der Waals surface area contributed by atoms with Gasteiger partial charge in [0.05, 0.1) is 27.6 Å². The number of piperidine rings is 1. The Labute approximate surface area is 205 Å². The molecule has 2 aromatic carbocycles. The lowest BCUT2D eigenvalue weighted by atomic mass is 9.96. The predicted octanol–water partition coefficient (Wildman–Crippen LogP) is 4.54. The Hall–Kier alpha value is -2.54. The Kier molecular flexibility index (Phi) is 7.46. The quantitative estimate of drug-likeness (QED) is 0.459. The van der Waals surface area contributed by atoms with E-state index in [1.165, 1.54) is 35.6 Å². The summed E-state index contributed by atoms with van der Waals surface area (Å²) in [6.45, 7) is 2.27. The molecule has 0 saturated carbocycles. The van der Waals surface area contributed by atoms with E-state index >= 15 is 0 Å². The van der Waals surface area contributed by atoms with Crippen molar-refractivity contribution in [3.05, 3.63) is 42.5 Å². The minimum Gasteiger partial charge on any atom is -0.480 e. The maximum atomic E-state index is 13.5. The van der Waals surface area contributed by atoms with E-state index in [9.17, 15) is 27.3 Å². The first-order chi connectivity index (χ1) is 16.6. The highest BCUT2D eigenvalue weighted by Crippen LogP contribution is 2.37. The number of hydrogen-bond acceptors (Lipinski definition) is 7. The summed E-state index contributed by atoms with van der Waals surface area (Å²) in [6.07, 6.45) is -4.24.